The molecular formula is H10CeNdO10Zr. The summed E-state index contributed by atoms with van der Waals surface area (Å²) in [6, 6.07) is 0. The zero-order valence-corrected chi connectivity index (χ0v) is 14.8. The molecule has 0 heterocycles. The summed E-state index contributed by atoms with van der Waals surface area (Å²) < 4.78 is 0. The van der Waals surface area contributed by atoms with E-state index in [0.717, 1.165) is 0 Å². The molecule has 0 bridgehead atoms. The third kappa shape index (κ3) is 258. The normalized spacial score (nSPS) is 0. The van der Waals surface area contributed by atoms with E-state index < -0.39 is 0 Å². The van der Waals surface area contributed by atoms with E-state index in [9.17, 15) is 0 Å². The minimum atomic E-state index is 0. The van der Waals surface area contributed by atoms with Crippen molar-refractivity contribution in [3.05, 3.63) is 0 Å². The van der Waals surface area contributed by atoms with Crippen LogP contribution in [0.3, 0.4) is 0 Å². The summed E-state index contributed by atoms with van der Waals surface area (Å²) in [6.07, 6.45) is 0. The van der Waals surface area contributed by atoms with Crippen LogP contribution in [0.1, 0.15) is 0 Å². The first-order valence-electron chi connectivity index (χ1n) is 0. The number of rotatable bonds is 0. The van der Waals surface area contributed by atoms with Crippen LogP contribution < -0.4 is 0 Å². The molecule has 10 N–H and O–H groups in total. The van der Waals surface area contributed by atoms with E-state index >= 15 is 0 Å². The van der Waals surface area contributed by atoms with Crippen LogP contribution in [-0.4, -0.2) is 54.8 Å². The summed E-state index contributed by atoms with van der Waals surface area (Å²) in [5.74, 6) is 0. The van der Waals surface area contributed by atoms with Crippen molar-refractivity contribution in [3.8, 4) is 0 Å². The van der Waals surface area contributed by atoms with Crippen LogP contribution >= 0.6 is 0 Å². The molecule has 82 valence electrons. The molecule has 2 radical (unpaired) electrons. The zero-order chi connectivity index (χ0) is 0. The Morgan fingerprint density at radius 2 is 0.308 bits per heavy atom. The molecule has 0 spiro atoms. The predicted octanol–water partition coefficient (Wildman–Crippen LogP) is -1.77. The van der Waals surface area contributed by atoms with Crippen LogP contribution in [0.25, 0.3) is 0 Å². The largest absolute Gasteiger partial charge is 4.00 e. The van der Waals surface area contributed by atoms with E-state index in [1.54, 1.807) is 0 Å². The molecule has 0 saturated heterocycles. The SMILES string of the molecule is [Ce+3].[Nd+3].[OH-].[OH-].[OH-].[OH-].[OH-].[OH-].[OH-].[OH-].[OH-].[OH-].[Zr+4]. The minimum absolute atomic E-state index is 0. The predicted molar refractivity (Wildman–Crippen MR) is 19.4 cm³/mol. The summed E-state index contributed by atoms with van der Waals surface area (Å²) in [4.78, 5) is 0. The van der Waals surface area contributed by atoms with Crippen molar-refractivity contribution in [1.82, 2.24) is 0 Å². The van der Waals surface area contributed by atoms with E-state index in [0.29, 0.717) is 0 Å². The molecule has 0 aromatic heterocycles. The Morgan fingerprint density at radius 1 is 0.308 bits per heavy atom. The Labute approximate surface area is 160 Å². The first-order valence-corrected chi connectivity index (χ1v) is 0. The zero-order valence-electron chi connectivity index (χ0n) is 5.97. The third-order valence-corrected chi connectivity index (χ3v) is 0. The van der Waals surface area contributed by atoms with Crippen molar-refractivity contribution in [1.29, 1.82) is 0 Å². The molecule has 13 heteroatoms. The Hall–Kier alpha value is 3.21. The molecule has 0 atom stereocenters. The van der Waals surface area contributed by atoms with Crippen LogP contribution in [0.2, 0.25) is 0 Å². The maximum atomic E-state index is 0. The Morgan fingerprint density at radius 3 is 0.308 bits per heavy atom. The molecule has 0 saturated carbocycles. The van der Waals surface area contributed by atoms with Crippen LogP contribution in [0.4, 0.5) is 0 Å². The van der Waals surface area contributed by atoms with E-state index in [1.165, 1.54) is 0 Å². The van der Waals surface area contributed by atoms with Gasteiger partial charge >= 0.3 is 109 Å². The Kier molecular flexibility index (Phi) is 8340. The summed E-state index contributed by atoms with van der Waals surface area (Å²) >= 11 is 0. The molecule has 0 aliphatic heterocycles. The quantitative estimate of drug-likeness (QED) is 0.329. The second-order valence-corrected chi connectivity index (χ2v) is 0. The molecule has 0 rings (SSSR count). The van der Waals surface area contributed by atoms with Crippen LogP contribution in [0.5, 0.6) is 0 Å². The molecule has 0 aromatic carbocycles. The van der Waals surface area contributed by atoms with Crippen molar-refractivity contribution in [3.63, 3.8) is 0 Å². The van der Waals surface area contributed by atoms with E-state index in [4.69, 9.17) is 0 Å². The van der Waals surface area contributed by atoms with Crippen molar-refractivity contribution in [2.24, 2.45) is 0 Å². The van der Waals surface area contributed by atoms with Crippen LogP contribution in [0.15, 0.2) is 0 Å². The topological polar surface area (TPSA) is 300 Å². The number of hydrogen-bond acceptors (Lipinski definition) is 10. The van der Waals surface area contributed by atoms with Crippen LogP contribution in [-0.2, 0) is 26.2 Å². The third-order valence-electron chi connectivity index (χ3n) is 0. The summed E-state index contributed by atoms with van der Waals surface area (Å²) in [5, 5.41) is 0. The van der Waals surface area contributed by atoms with Gasteiger partial charge in [0.15, 0.2) is 0 Å². The first-order chi connectivity index (χ1) is 0. The maximum absolute atomic E-state index is 0. The van der Waals surface area contributed by atoms with Gasteiger partial charge in [-0.3, -0.25) is 0 Å². The fourth-order valence-electron chi connectivity index (χ4n) is 0. The van der Waals surface area contributed by atoms with Gasteiger partial charge in [0.25, 0.3) is 0 Å². The smallest absolute Gasteiger partial charge is 0.870 e. The van der Waals surface area contributed by atoms with Gasteiger partial charge < -0.3 is 54.8 Å². The Bertz CT molecular complexity index is 14.9. The summed E-state index contributed by atoms with van der Waals surface area (Å²) in [5.41, 5.74) is 0. The average Bonchev–Trinajstić information content (AvgIpc) is 0. The molecule has 0 amide bonds. The fraction of sp³-hybridized carbons (Fsp3) is 0. The Balaban J connectivity index is 0. The monoisotopic (exact) mass is 542 g/mol. The molecule has 13 heavy (non-hydrogen) atoms. The molecule has 10 nitrogen and oxygen atoms in total. The molecular weight excluding hydrogens is 536 g/mol. The molecule has 0 aliphatic carbocycles. The van der Waals surface area contributed by atoms with Gasteiger partial charge in [0.1, 0.15) is 0 Å². The molecule has 0 aromatic rings. The summed E-state index contributed by atoms with van der Waals surface area (Å²) in [6.45, 7) is 0. The van der Waals surface area contributed by atoms with Gasteiger partial charge in [-0.15, -0.1) is 0 Å². The van der Waals surface area contributed by atoms with Crippen LogP contribution in [0, 0.1) is 82.6 Å². The molecule has 0 unspecified atom stereocenters. The van der Waals surface area contributed by atoms with Gasteiger partial charge in [0.2, 0.25) is 0 Å². The van der Waals surface area contributed by atoms with Crippen molar-refractivity contribution in [2.45, 2.75) is 0 Å². The maximum Gasteiger partial charge on any atom is 4.00 e. The fourth-order valence-corrected chi connectivity index (χ4v) is 0. The van der Waals surface area contributed by atoms with Gasteiger partial charge in [-0.1, -0.05) is 0 Å². The van der Waals surface area contributed by atoms with Gasteiger partial charge in [0, 0.05) is 0 Å². The standard InChI is InChI=1S/Ce.Nd.10H2O.Zr/h;;10*1H2;/q2*+3;;;;;;;;;;;+4/p-10. The second-order valence-electron chi connectivity index (χ2n) is 0. The minimum Gasteiger partial charge on any atom is -0.870 e. The van der Waals surface area contributed by atoms with Gasteiger partial charge in [-0.25, -0.2) is 0 Å². The van der Waals surface area contributed by atoms with E-state index in [1.807, 2.05) is 0 Å². The van der Waals surface area contributed by atoms with E-state index in [2.05, 4.69) is 0 Å². The van der Waals surface area contributed by atoms with Crippen molar-refractivity contribution < 1.29 is 164 Å². The second kappa shape index (κ2) is 298. The average molecular weight is 546 g/mol. The summed E-state index contributed by atoms with van der Waals surface area (Å²) in [7, 11) is 0. The number of hydrogen-bond donors (Lipinski definition) is 0. The van der Waals surface area contributed by atoms with Gasteiger partial charge in [-0.2, -0.15) is 0 Å². The molecule has 0 fully saturated rings. The molecule has 0 aliphatic rings. The van der Waals surface area contributed by atoms with Crippen molar-refractivity contribution >= 4 is 0 Å². The van der Waals surface area contributed by atoms with Crippen molar-refractivity contribution in [2.75, 3.05) is 0 Å². The van der Waals surface area contributed by atoms with Gasteiger partial charge in [-0.05, 0) is 0 Å². The first kappa shape index (κ1) is 364. The van der Waals surface area contributed by atoms with Gasteiger partial charge in [0.05, 0.1) is 0 Å². The van der Waals surface area contributed by atoms with E-state index in [-0.39, 0.29) is 164 Å².